The zero-order chi connectivity index (χ0) is 13.3. The number of nitrogens with two attached hydrogens (primary N) is 1. The average molecular weight is 280 g/mol. The van der Waals surface area contributed by atoms with Crippen molar-refractivity contribution in [3.8, 4) is 0 Å². The fourth-order valence-electron chi connectivity index (χ4n) is 1.95. The molecule has 0 heterocycles. The van der Waals surface area contributed by atoms with Crippen molar-refractivity contribution < 1.29 is 0 Å². The first kappa shape index (κ1) is 13.4. The first-order valence-corrected chi connectivity index (χ1v) is 6.49. The molecule has 2 rings (SSSR count). The molecule has 2 aromatic carbocycles. The van der Waals surface area contributed by atoms with E-state index in [4.69, 9.17) is 28.9 Å². The lowest BCUT2D eigenvalue weighted by molar-refractivity contribution is 0.603. The van der Waals surface area contributed by atoms with Gasteiger partial charge in [-0.15, -0.1) is 0 Å². The minimum atomic E-state index is -0.657. The van der Waals surface area contributed by atoms with Crippen LogP contribution in [-0.2, 0) is 5.54 Å². The van der Waals surface area contributed by atoms with Crippen LogP contribution in [0.4, 0.5) is 0 Å². The van der Waals surface area contributed by atoms with Crippen LogP contribution in [0.5, 0.6) is 0 Å². The molecule has 0 amide bonds. The van der Waals surface area contributed by atoms with E-state index in [0.717, 1.165) is 21.7 Å². The van der Waals surface area contributed by atoms with Crippen LogP contribution in [0.3, 0.4) is 0 Å². The normalized spacial score (nSPS) is 14.3. The zero-order valence-corrected chi connectivity index (χ0v) is 11.9. The van der Waals surface area contributed by atoms with Gasteiger partial charge in [-0.25, -0.2) is 0 Å². The third kappa shape index (κ3) is 2.39. The maximum absolute atomic E-state index is 6.44. The second-order valence-corrected chi connectivity index (χ2v) is 5.46. The van der Waals surface area contributed by atoms with Crippen LogP contribution in [-0.4, -0.2) is 0 Å². The first-order valence-electron chi connectivity index (χ1n) is 5.73. The van der Waals surface area contributed by atoms with Crippen molar-refractivity contribution in [2.24, 2.45) is 5.73 Å². The predicted molar refractivity (Wildman–Crippen MR) is 78.3 cm³/mol. The SMILES string of the molecule is Cc1ccc(C(C)(N)c2ccccc2Cl)cc1Cl. The summed E-state index contributed by atoms with van der Waals surface area (Å²) in [6, 6.07) is 13.5. The van der Waals surface area contributed by atoms with E-state index in [1.807, 2.05) is 56.3 Å². The standard InChI is InChI=1S/C15H15Cl2N/c1-10-7-8-11(9-14(10)17)15(2,18)12-5-3-4-6-13(12)16/h3-9H,18H2,1-2H3. The zero-order valence-electron chi connectivity index (χ0n) is 10.4. The molecule has 2 N–H and O–H groups in total. The van der Waals surface area contributed by atoms with Crippen LogP contribution >= 0.6 is 23.2 Å². The molecule has 1 unspecified atom stereocenters. The minimum absolute atomic E-state index is 0.657. The summed E-state index contributed by atoms with van der Waals surface area (Å²) in [4.78, 5) is 0. The number of halogens is 2. The van der Waals surface area contributed by atoms with E-state index in [9.17, 15) is 0 Å². The highest BCUT2D eigenvalue weighted by atomic mass is 35.5. The van der Waals surface area contributed by atoms with E-state index in [2.05, 4.69) is 0 Å². The molecule has 0 aromatic heterocycles. The molecule has 0 aliphatic heterocycles. The van der Waals surface area contributed by atoms with E-state index in [1.54, 1.807) is 0 Å². The number of aryl methyl sites for hydroxylation is 1. The Morgan fingerprint density at radius 2 is 1.67 bits per heavy atom. The van der Waals surface area contributed by atoms with Gasteiger partial charge in [-0.1, -0.05) is 53.5 Å². The highest BCUT2D eigenvalue weighted by Crippen LogP contribution is 2.33. The second kappa shape index (κ2) is 4.93. The Bertz CT molecular complexity index is 576. The lowest BCUT2D eigenvalue weighted by Gasteiger charge is -2.27. The van der Waals surface area contributed by atoms with E-state index >= 15 is 0 Å². The summed E-state index contributed by atoms with van der Waals surface area (Å²) in [5.74, 6) is 0. The molecule has 18 heavy (non-hydrogen) atoms. The van der Waals surface area contributed by atoms with Crippen molar-refractivity contribution >= 4 is 23.2 Å². The molecule has 0 saturated heterocycles. The molecule has 94 valence electrons. The van der Waals surface area contributed by atoms with Crippen LogP contribution in [0.25, 0.3) is 0 Å². The topological polar surface area (TPSA) is 26.0 Å². The second-order valence-electron chi connectivity index (χ2n) is 4.65. The van der Waals surface area contributed by atoms with E-state index in [0.29, 0.717) is 5.02 Å². The van der Waals surface area contributed by atoms with Gasteiger partial charge in [0.15, 0.2) is 0 Å². The largest absolute Gasteiger partial charge is 0.318 e. The smallest absolute Gasteiger partial charge is 0.0652 e. The molecule has 0 spiro atoms. The fourth-order valence-corrected chi connectivity index (χ4v) is 2.47. The Balaban J connectivity index is 2.54. The third-order valence-corrected chi connectivity index (χ3v) is 3.94. The number of hydrogen-bond acceptors (Lipinski definition) is 1. The first-order chi connectivity index (χ1) is 8.43. The van der Waals surface area contributed by atoms with Gasteiger partial charge in [-0.05, 0) is 42.7 Å². The maximum Gasteiger partial charge on any atom is 0.0652 e. The van der Waals surface area contributed by atoms with Gasteiger partial charge in [0.05, 0.1) is 5.54 Å². The van der Waals surface area contributed by atoms with Crippen molar-refractivity contribution in [2.45, 2.75) is 19.4 Å². The summed E-state index contributed by atoms with van der Waals surface area (Å²) < 4.78 is 0. The number of benzene rings is 2. The molecule has 0 fully saturated rings. The molecule has 2 aromatic rings. The van der Waals surface area contributed by atoms with Crippen molar-refractivity contribution in [1.29, 1.82) is 0 Å². The molecule has 0 saturated carbocycles. The molecule has 0 bridgehead atoms. The molecule has 3 heteroatoms. The van der Waals surface area contributed by atoms with Gasteiger partial charge in [-0.2, -0.15) is 0 Å². The Morgan fingerprint density at radius 3 is 2.28 bits per heavy atom. The van der Waals surface area contributed by atoms with Gasteiger partial charge in [0.2, 0.25) is 0 Å². The number of hydrogen-bond donors (Lipinski definition) is 1. The van der Waals surface area contributed by atoms with Crippen LogP contribution in [0.2, 0.25) is 10.0 Å². The Hall–Kier alpha value is -1.02. The van der Waals surface area contributed by atoms with Crippen molar-refractivity contribution in [3.63, 3.8) is 0 Å². The van der Waals surface area contributed by atoms with Crippen molar-refractivity contribution in [1.82, 2.24) is 0 Å². The van der Waals surface area contributed by atoms with Crippen LogP contribution in [0.15, 0.2) is 42.5 Å². The summed E-state index contributed by atoms with van der Waals surface area (Å²) >= 11 is 12.4. The monoisotopic (exact) mass is 279 g/mol. The van der Waals surface area contributed by atoms with Gasteiger partial charge < -0.3 is 5.73 Å². The maximum atomic E-state index is 6.44. The molecule has 0 radical (unpaired) electrons. The van der Waals surface area contributed by atoms with Gasteiger partial charge in [0, 0.05) is 10.0 Å². The van der Waals surface area contributed by atoms with Crippen LogP contribution in [0, 0.1) is 6.92 Å². The lowest BCUT2D eigenvalue weighted by atomic mass is 9.85. The minimum Gasteiger partial charge on any atom is -0.318 e. The molecular weight excluding hydrogens is 265 g/mol. The van der Waals surface area contributed by atoms with Gasteiger partial charge >= 0.3 is 0 Å². The quantitative estimate of drug-likeness (QED) is 0.859. The summed E-state index contributed by atoms with van der Waals surface area (Å²) in [6.45, 7) is 3.91. The van der Waals surface area contributed by atoms with Crippen LogP contribution < -0.4 is 5.73 Å². The Labute approximate surface area is 118 Å². The van der Waals surface area contributed by atoms with Crippen LogP contribution in [0.1, 0.15) is 23.6 Å². The van der Waals surface area contributed by atoms with Gasteiger partial charge in [0.1, 0.15) is 0 Å². The fraction of sp³-hybridized carbons (Fsp3) is 0.200. The Kier molecular flexibility index (Phi) is 3.67. The van der Waals surface area contributed by atoms with E-state index in [-0.39, 0.29) is 0 Å². The molecule has 0 aliphatic rings. The third-order valence-electron chi connectivity index (χ3n) is 3.20. The van der Waals surface area contributed by atoms with E-state index in [1.165, 1.54) is 0 Å². The molecule has 0 aliphatic carbocycles. The highest BCUT2D eigenvalue weighted by molar-refractivity contribution is 6.32. The Morgan fingerprint density at radius 1 is 1.00 bits per heavy atom. The van der Waals surface area contributed by atoms with Crippen molar-refractivity contribution in [3.05, 3.63) is 69.2 Å². The summed E-state index contributed by atoms with van der Waals surface area (Å²) in [5.41, 5.74) is 8.66. The van der Waals surface area contributed by atoms with Gasteiger partial charge in [0.25, 0.3) is 0 Å². The van der Waals surface area contributed by atoms with Gasteiger partial charge in [-0.3, -0.25) is 0 Å². The highest BCUT2D eigenvalue weighted by Gasteiger charge is 2.26. The van der Waals surface area contributed by atoms with Crippen molar-refractivity contribution in [2.75, 3.05) is 0 Å². The summed E-state index contributed by atoms with van der Waals surface area (Å²) in [5, 5.41) is 1.38. The predicted octanol–water partition coefficient (Wildman–Crippen LogP) is 4.52. The number of rotatable bonds is 2. The summed E-state index contributed by atoms with van der Waals surface area (Å²) in [6.07, 6.45) is 0. The average Bonchev–Trinajstić information content (AvgIpc) is 2.33. The molecular formula is C15H15Cl2N. The molecule has 1 nitrogen and oxygen atoms in total. The summed E-state index contributed by atoms with van der Waals surface area (Å²) in [7, 11) is 0. The molecule has 1 atom stereocenters. The van der Waals surface area contributed by atoms with E-state index < -0.39 is 5.54 Å². The lowest BCUT2D eigenvalue weighted by Crippen LogP contribution is -2.34.